The molecule has 3 saturated carbocycles. The van der Waals surface area contributed by atoms with Gasteiger partial charge in [0.25, 0.3) is 17.7 Å². The van der Waals surface area contributed by atoms with Crippen LogP contribution in [0.5, 0.6) is 17.2 Å². The smallest absolute Gasteiger partial charge is 0.289 e. The number of nitrogens with zero attached hydrogens (tertiary/aromatic N) is 13. The van der Waals surface area contributed by atoms with Crippen LogP contribution in [0.4, 0.5) is 17.1 Å². The highest BCUT2D eigenvalue weighted by molar-refractivity contribution is 5.94. The Bertz CT molecular complexity index is 3860. The number of carbonyl (C=O) groups is 3. The molecule has 3 amide bonds. The second-order valence-corrected chi connectivity index (χ2v) is 24.9. The summed E-state index contributed by atoms with van der Waals surface area (Å²) in [7, 11) is 1.82. The Morgan fingerprint density at radius 1 is 0.396 bits per heavy atom. The average molecular weight is 1300 g/mol. The van der Waals surface area contributed by atoms with Gasteiger partial charge in [-0.1, -0.05) is 18.2 Å². The van der Waals surface area contributed by atoms with Crippen LogP contribution in [0.2, 0.25) is 0 Å². The lowest BCUT2D eigenvalue weighted by Crippen LogP contribution is -2.40. The Hall–Kier alpha value is -9.72. The lowest BCUT2D eigenvalue weighted by molar-refractivity contribution is 0.0876. The largest absolute Gasteiger partial charge is 0.488 e. The van der Waals surface area contributed by atoms with E-state index in [0.717, 1.165) is 223 Å². The van der Waals surface area contributed by atoms with Crippen molar-refractivity contribution in [2.75, 3.05) is 93.6 Å². The van der Waals surface area contributed by atoms with Crippen LogP contribution in [0, 0.1) is 0 Å². The van der Waals surface area contributed by atoms with E-state index in [4.69, 9.17) is 28.4 Å². The molecule has 6 fully saturated rings. The van der Waals surface area contributed by atoms with Gasteiger partial charge in [0.05, 0.1) is 74.5 Å². The molecule has 8 heterocycles. The molecule has 500 valence electrons. The summed E-state index contributed by atoms with van der Waals surface area (Å²) in [6, 6.07) is 24.0. The van der Waals surface area contributed by atoms with E-state index in [1.54, 1.807) is 72.6 Å². The maximum Gasteiger partial charge on any atom is 0.289 e. The summed E-state index contributed by atoms with van der Waals surface area (Å²) in [6.07, 6.45) is 27.5. The van der Waals surface area contributed by atoms with Crippen molar-refractivity contribution in [3.05, 3.63) is 152 Å². The van der Waals surface area contributed by atoms with Crippen molar-refractivity contribution in [3.63, 3.8) is 0 Å². The number of fused-ring (bicyclic) bond motifs is 3. The molecule has 0 atom stereocenters. The van der Waals surface area contributed by atoms with Crippen molar-refractivity contribution in [3.8, 4) is 17.2 Å². The molecule has 15 rings (SSSR count). The number of nitrogens with one attached hydrogen (secondary N) is 3. The SMILES string of the molecule is Cn1ccnc1C(=O)NC1CCC(Oc2cc(N3CCOCC3)cc3nccnc23)CC1.O=C(NC1CCC(Oc2cc(N3CCOCC3)cc3nccnc23)CC1)c1ccccc1.O=C(NC1CCC(Oc2cc(N3CCOCC3)cc3nccnc23)CC1)c1ncccn1. The van der Waals surface area contributed by atoms with Crippen molar-refractivity contribution in [1.82, 2.24) is 65.4 Å². The molecular weight excluding hydrogens is 1220 g/mol. The molecule has 25 nitrogen and oxygen atoms in total. The zero-order valence-corrected chi connectivity index (χ0v) is 54.1. The van der Waals surface area contributed by atoms with Crippen LogP contribution in [-0.2, 0) is 21.3 Å². The Labute approximate surface area is 557 Å². The van der Waals surface area contributed by atoms with Crippen LogP contribution in [0.3, 0.4) is 0 Å². The number of amides is 3. The average Bonchev–Trinajstić information content (AvgIpc) is 1.09. The maximum absolute atomic E-state index is 12.4. The predicted molar refractivity (Wildman–Crippen MR) is 362 cm³/mol. The molecule has 3 aliphatic carbocycles. The van der Waals surface area contributed by atoms with E-state index in [2.05, 4.69) is 112 Å². The van der Waals surface area contributed by atoms with Crippen molar-refractivity contribution in [2.24, 2.45) is 7.05 Å². The number of aromatic nitrogens is 10. The van der Waals surface area contributed by atoms with Crippen LogP contribution in [0.25, 0.3) is 33.1 Å². The Morgan fingerprint density at radius 2 is 0.760 bits per heavy atom. The zero-order valence-electron chi connectivity index (χ0n) is 54.1. The van der Waals surface area contributed by atoms with Gasteiger partial charge in [-0.15, -0.1) is 0 Å². The van der Waals surface area contributed by atoms with Gasteiger partial charge in [-0.05, 0) is 113 Å². The van der Waals surface area contributed by atoms with Crippen LogP contribution in [-0.4, -0.2) is 182 Å². The predicted octanol–water partition coefficient (Wildman–Crippen LogP) is 8.28. The molecule has 0 bridgehead atoms. The fourth-order valence-electron chi connectivity index (χ4n) is 13.2. The van der Waals surface area contributed by atoms with Crippen LogP contribution >= 0.6 is 0 Å². The number of imidazole rings is 1. The molecule has 5 aromatic heterocycles. The van der Waals surface area contributed by atoms with Gasteiger partial charge in [0, 0.05) is 167 Å². The molecule has 0 unspecified atom stereocenters. The number of carbonyl (C=O) groups excluding carboxylic acids is 3. The summed E-state index contributed by atoms with van der Waals surface area (Å²) in [6.45, 7) is 9.47. The summed E-state index contributed by atoms with van der Waals surface area (Å²) in [5.74, 6) is 2.61. The first-order valence-electron chi connectivity index (χ1n) is 33.6. The van der Waals surface area contributed by atoms with Gasteiger partial charge in [0.2, 0.25) is 5.82 Å². The minimum Gasteiger partial charge on any atom is -0.488 e. The highest BCUT2D eigenvalue weighted by Crippen LogP contribution is 2.37. The molecule has 25 heteroatoms. The van der Waals surface area contributed by atoms with Crippen molar-refractivity contribution in [1.29, 1.82) is 0 Å². The molecule has 4 aromatic carbocycles. The van der Waals surface area contributed by atoms with Gasteiger partial charge in [-0.2, -0.15) is 0 Å². The summed E-state index contributed by atoms with van der Waals surface area (Å²) in [5, 5.41) is 9.32. The van der Waals surface area contributed by atoms with E-state index >= 15 is 0 Å². The van der Waals surface area contributed by atoms with E-state index in [9.17, 15) is 14.4 Å². The minimum absolute atomic E-state index is 0.00514. The number of aryl methyl sites for hydroxylation is 1. The lowest BCUT2D eigenvalue weighted by atomic mass is 9.92. The summed E-state index contributed by atoms with van der Waals surface area (Å²) < 4.78 is 37.6. The normalized spacial score (nSPS) is 21.4. The molecule has 3 N–H and O–H groups in total. The van der Waals surface area contributed by atoms with Crippen molar-refractivity contribution >= 4 is 67.9 Å². The second kappa shape index (κ2) is 31.7. The first-order chi connectivity index (χ1) is 47.2. The Balaban J connectivity index is 0.000000130. The quantitative estimate of drug-likeness (QED) is 0.0870. The fraction of sp³-hybridized carbons (Fsp3) is 0.437. The lowest BCUT2D eigenvalue weighted by Gasteiger charge is -2.31. The standard InChI is InChI=1S/C25H28N4O3.C23H28N6O3.C23H26N6O3/c30-25(18-4-2-1-3-5-18)28-19-6-8-21(9-7-19)32-23-17-20(29-12-14-31-15-13-29)16-22-24(23)27-11-10-26-22;1-28-9-8-26-22(28)23(30)27-16-2-4-18(5-3-16)32-20-15-17(29-10-12-31-13-11-29)14-19-21(20)25-7-6-24-19;30-23(22-26-6-1-7-27-22)28-16-2-4-18(5-3-16)32-20-15-17(29-10-12-31-13-11-29)14-19-21(20)25-9-8-24-19/h1-5,10-11,16-17,19,21H,6-9,12-15H2,(H,28,30);6-9,14-16,18H,2-5,10-13H2,1H3,(H,27,30);1,6-9,14-16,18H,2-5,10-13H2,(H,28,30). The number of rotatable bonds is 15. The number of anilines is 3. The topological polar surface area (TPSA) is 273 Å². The molecular formula is C71H82N16O9. The van der Waals surface area contributed by atoms with Crippen molar-refractivity contribution in [2.45, 2.75) is 113 Å². The van der Waals surface area contributed by atoms with Gasteiger partial charge in [0.1, 0.15) is 33.8 Å². The van der Waals surface area contributed by atoms with Gasteiger partial charge in [-0.3, -0.25) is 29.3 Å². The first kappa shape index (κ1) is 65.0. The van der Waals surface area contributed by atoms with E-state index < -0.39 is 0 Å². The molecule has 6 aliphatic rings. The number of hydrogen-bond donors (Lipinski definition) is 3. The number of ether oxygens (including phenoxy) is 6. The van der Waals surface area contributed by atoms with E-state index in [1.165, 1.54) is 0 Å². The minimum atomic E-state index is -0.227. The molecule has 3 aliphatic heterocycles. The van der Waals surface area contributed by atoms with Gasteiger partial charge in [0.15, 0.2) is 5.82 Å². The van der Waals surface area contributed by atoms with E-state index in [0.29, 0.717) is 11.4 Å². The van der Waals surface area contributed by atoms with Crippen LogP contribution in [0.15, 0.2) is 135 Å². The number of benzene rings is 4. The van der Waals surface area contributed by atoms with Gasteiger partial charge in [-0.25, -0.2) is 29.9 Å². The zero-order chi connectivity index (χ0) is 65.4. The molecule has 0 spiro atoms. The number of hydrogen-bond acceptors (Lipinski definition) is 21. The van der Waals surface area contributed by atoms with Crippen molar-refractivity contribution < 1.29 is 42.8 Å². The van der Waals surface area contributed by atoms with Gasteiger partial charge >= 0.3 is 0 Å². The maximum atomic E-state index is 12.4. The van der Waals surface area contributed by atoms with Crippen LogP contribution < -0.4 is 44.9 Å². The fourth-order valence-corrected chi connectivity index (χ4v) is 13.2. The Morgan fingerprint density at radius 3 is 1.14 bits per heavy atom. The highest BCUT2D eigenvalue weighted by atomic mass is 16.5. The third-order valence-electron chi connectivity index (χ3n) is 18.4. The van der Waals surface area contributed by atoms with E-state index in [1.807, 2.05) is 37.4 Å². The third kappa shape index (κ3) is 16.7. The molecule has 9 aromatic rings. The molecule has 0 radical (unpaired) electrons. The van der Waals surface area contributed by atoms with Crippen LogP contribution in [0.1, 0.15) is 109 Å². The molecule has 96 heavy (non-hydrogen) atoms. The van der Waals surface area contributed by atoms with E-state index in [-0.39, 0.29) is 60.0 Å². The monoisotopic (exact) mass is 1300 g/mol. The first-order valence-corrected chi connectivity index (χ1v) is 33.6. The summed E-state index contributed by atoms with van der Waals surface area (Å²) in [5.41, 5.74) is 8.84. The number of morpholine rings is 3. The highest BCUT2D eigenvalue weighted by Gasteiger charge is 2.30. The second-order valence-electron chi connectivity index (χ2n) is 24.9. The summed E-state index contributed by atoms with van der Waals surface area (Å²) >= 11 is 0. The third-order valence-corrected chi connectivity index (χ3v) is 18.4. The Kier molecular flexibility index (Phi) is 21.4. The van der Waals surface area contributed by atoms with Gasteiger partial charge < -0.3 is 63.6 Å². The summed E-state index contributed by atoms with van der Waals surface area (Å²) in [4.78, 5) is 83.4. The molecule has 3 saturated heterocycles.